The van der Waals surface area contributed by atoms with Crippen molar-refractivity contribution in [3.8, 4) is 0 Å². The lowest BCUT2D eigenvalue weighted by molar-refractivity contribution is -0.113. The predicted octanol–water partition coefficient (Wildman–Crippen LogP) is 8.04. The Bertz CT molecular complexity index is 697. The molecule has 4 aliphatic carbocycles. The molecule has 10 unspecified atom stereocenters. The molecule has 0 bridgehead atoms. The van der Waals surface area contributed by atoms with Gasteiger partial charge in [0, 0.05) is 6.61 Å². The van der Waals surface area contributed by atoms with E-state index in [1.165, 1.54) is 50.5 Å². The van der Waals surface area contributed by atoms with Crippen molar-refractivity contribution in [1.82, 2.24) is 0 Å². The van der Waals surface area contributed by atoms with Gasteiger partial charge in [0.2, 0.25) is 0 Å². The number of hydrogen-bond donors (Lipinski definition) is 1. The Labute approximate surface area is 205 Å². The van der Waals surface area contributed by atoms with E-state index in [0.717, 1.165) is 61.4 Å². The first-order chi connectivity index (χ1) is 15.7. The molecule has 1 N–H and O–H groups in total. The van der Waals surface area contributed by atoms with Gasteiger partial charge in [-0.25, -0.2) is 0 Å². The first kappa shape index (κ1) is 25.7. The summed E-state index contributed by atoms with van der Waals surface area (Å²) in [4.78, 5) is 0. The second kappa shape index (κ2) is 9.96. The van der Waals surface area contributed by atoms with Gasteiger partial charge in [0.25, 0.3) is 0 Å². The maximum atomic E-state index is 10.4. The minimum Gasteiger partial charge on any atom is -0.393 e. The van der Waals surface area contributed by atoms with E-state index in [9.17, 15) is 5.11 Å². The Morgan fingerprint density at radius 2 is 1.76 bits per heavy atom. The average molecular weight is 459 g/mol. The van der Waals surface area contributed by atoms with Crippen LogP contribution in [-0.4, -0.2) is 23.9 Å². The summed E-state index contributed by atoms with van der Waals surface area (Å²) >= 11 is 0. The lowest BCUT2D eigenvalue weighted by atomic mass is 9.46. The van der Waals surface area contributed by atoms with Crippen LogP contribution in [0.5, 0.6) is 0 Å². The Morgan fingerprint density at radius 3 is 2.42 bits per heavy atom. The number of rotatable bonds is 8. The smallest absolute Gasteiger partial charge is 0.0792 e. The average Bonchev–Trinajstić information content (AvgIpc) is 3.12. The zero-order valence-electron chi connectivity index (χ0n) is 22.9. The summed E-state index contributed by atoms with van der Waals surface area (Å²) in [5.74, 6) is 5.62. The third kappa shape index (κ3) is 4.50. The maximum Gasteiger partial charge on any atom is 0.0792 e. The van der Waals surface area contributed by atoms with Crippen LogP contribution in [0, 0.1) is 52.3 Å². The highest BCUT2D eigenvalue weighted by Gasteiger charge is 2.61. The first-order valence-corrected chi connectivity index (χ1v) is 14.7. The summed E-state index contributed by atoms with van der Waals surface area (Å²) in [6.45, 7) is 18.0. The summed E-state index contributed by atoms with van der Waals surface area (Å²) in [6.07, 6.45) is 15.4. The highest BCUT2D eigenvalue weighted by molar-refractivity contribution is 5.28. The predicted molar refractivity (Wildman–Crippen MR) is 139 cm³/mol. The van der Waals surface area contributed by atoms with E-state index in [0.29, 0.717) is 11.3 Å². The molecule has 2 heteroatoms. The first-order valence-electron chi connectivity index (χ1n) is 14.7. The van der Waals surface area contributed by atoms with Crippen molar-refractivity contribution in [1.29, 1.82) is 0 Å². The van der Waals surface area contributed by atoms with Gasteiger partial charge in [-0.05, 0) is 111 Å². The molecule has 0 aromatic carbocycles. The summed E-state index contributed by atoms with van der Waals surface area (Å²) in [5.41, 5.74) is 2.28. The zero-order chi connectivity index (χ0) is 24.0. The van der Waals surface area contributed by atoms with Crippen LogP contribution in [0.15, 0.2) is 11.6 Å². The van der Waals surface area contributed by atoms with Crippen LogP contribution in [0.3, 0.4) is 0 Å². The van der Waals surface area contributed by atoms with Crippen LogP contribution >= 0.6 is 0 Å². The Hall–Kier alpha value is -0.340. The van der Waals surface area contributed by atoms with E-state index in [1.54, 1.807) is 0 Å². The van der Waals surface area contributed by atoms with Crippen LogP contribution in [0.25, 0.3) is 0 Å². The van der Waals surface area contributed by atoms with Crippen molar-refractivity contribution in [3.05, 3.63) is 11.6 Å². The maximum absolute atomic E-state index is 10.4. The van der Waals surface area contributed by atoms with Gasteiger partial charge >= 0.3 is 0 Å². The van der Waals surface area contributed by atoms with Crippen molar-refractivity contribution in [2.24, 2.45) is 52.3 Å². The fourth-order valence-corrected chi connectivity index (χ4v) is 9.62. The molecule has 3 saturated carbocycles. The minimum absolute atomic E-state index is 0.147. The van der Waals surface area contributed by atoms with Crippen LogP contribution < -0.4 is 0 Å². The monoisotopic (exact) mass is 458 g/mol. The molecule has 0 saturated heterocycles. The highest BCUT2D eigenvalue weighted by atomic mass is 16.5. The van der Waals surface area contributed by atoms with Crippen LogP contribution in [0.2, 0.25) is 0 Å². The largest absolute Gasteiger partial charge is 0.393 e. The number of ether oxygens (including phenoxy) is 1. The summed E-state index contributed by atoms with van der Waals surface area (Å²) in [6, 6.07) is 0. The van der Waals surface area contributed by atoms with Crippen molar-refractivity contribution in [2.75, 3.05) is 6.61 Å². The third-order valence-corrected chi connectivity index (χ3v) is 11.7. The second-order valence-corrected chi connectivity index (χ2v) is 13.4. The number of aliphatic hydroxyl groups is 1. The van der Waals surface area contributed by atoms with Gasteiger partial charge in [0.05, 0.1) is 12.2 Å². The zero-order valence-corrected chi connectivity index (χ0v) is 22.9. The summed E-state index contributed by atoms with van der Waals surface area (Å²) < 4.78 is 6.49. The van der Waals surface area contributed by atoms with Crippen molar-refractivity contribution < 1.29 is 9.84 Å². The third-order valence-electron chi connectivity index (χ3n) is 11.7. The van der Waals surface area contributed by atoms with E-state index in [-0.39, 0.29) is 17.6 Å². The van der Waals surface area contributed by atoms with Crippen molar-refractivity contribution in [3.63, 3.8) is 0 Å². The quantitative estimate of drug-likeness (QED) is 0.373. The molecule has 4 rings (SSSR count). The van der Waals surface area contributed by atoms with E-state index < -0.39 is 0 Å². The minimum atomic E-state index is -0.147. The standard InChI is InChI=1S/C31H54O2/c1-8-22(20(3)4)11-10-21(5)25-12-13-26-29-27(15-17-31(25,26)7)30(6)16-14-24(32)18-23(30)19-28(29)33-9-2/h19-22,24-29,32H,8-18H2,1-7H3. The van der Waals surface area contributed by atoms with Gasteiger partial charge in [-0.1, -0.05) is 66.0 Å². The molecule has 0 aromatic rings. The lowest BCUT2D eigenvalue weighted by Gasteiger charge is -2.60. The Kier molecular flexibility index (Phi) is 7.77. The SMILES string of the molecule is CCOC1C=C2CC(O)CCC2(C)C2CCC3(C)C(C(C)CCC(CC)C(C)C)CCC3C12. The molecule has 10 atom stereocenters. The van der Waals surface area contributed by atoms with Gasteiger partial charge in [-0.2, -0.15) is 0 Å². The molecule has 2 nitrogen and oxygen atoms in total. The van der Waals surface area contributed by atoms with Gasteiger partial charge in [-0.15, -0.1) is 0 Å². The van der Waals surface area contributed by atoms with E-state index in [4.69, 9.17) is 4.74 Å². The van der Waals surface area contributed by atoms with E-state index in [2.05, 4.69) is 54.5 Å². The molecule has 190 valence electrons. The molecule has 0 spiro atoms. The summed E-state index contributed by atoms with van der Waals surface area (Å²) in [7, 11) is 0. The lowest BCUT2D eigenvalue weighted by Crippen LogP contribution is -2.55. The molecule has 0 heterocycles. The van der Waals surface area contributed by atoms with Crippen LogP contribution in [-0.2, 0) is 4.74 Å². The number of hydrogen-bond acceptors (Lipinski definition) is 2. The number of aliphatic hydroxyl groups excluding tert-OH is 1. The van der Waals surface area contributed by atoms with E-state index in [1.807, 2.05) is 0 Å². The van der Waals surface area contributed by atoms with Gasteiger partial charge in [0.1, 0.15) is 0 Å². The fourth-order valence-electron chi connectivity index (χ4n) is 9.62. The molecular formula is C31H54O2. The molecule has 0 radical (unpaired) electrons. The number of fused-ring (bicyclic) bond motifs is 5. The summed E-state index contributed by atoms with van der Waals surface area (Å²) in [5, 5.41) is 10.4. The van der Waals surface area contributed by atoms with Crippen LogP contribution in [0.1, 0.15) is 113 Å². The highest BCUT2D eigenvalue weighted by Crippen LogP contribution is 2.67. The molecule has 0 aromatic heterocycles. The van der Waals surface area contributed by atoms with E-state index >= 15 is 0 Å². The van der Waals surface area contributed by atoms with Gasteiger partial charge < -0.3 is 9.84 Å². The van der Waals surface area contributed by atoms with Crippen molar-refractivity contribution in [2.45, 2.75) is 125 Å². The Morgan fingerprint density at radius 1 is 1.00 bits per heavy atom. The molecule has 4 aliphatic rings. The second-order valence-electron chi connectivity index (χ2n) is 13.4. The molecule has 0 amide bonds. The molecule has 33 heavy (non-hydrogen) atoms. The molecule has 3 fully saturated rings. The fraction of sp³-hybridized carbons (Fsp3) is 0.935. The Balaban J connectivity index is 1.56. The molecule has 0 aliphatic heterocycles. The van der Waals surface area contributed by atoms with Gasteiger partial charge in [0.15, 0.2) is 0 Å². The molecular weight excluding hydrogens is 404 g/mol. The van der Waals surface area contributed by atoms with Crippen molar-refractivity contribution >= 4 is 0 Å². The topological polar surface area (TPSA) is 29.5 Å². The van der Waals surface area contributed by atoms with Gasteiger partial charge in [-0.3, -0.25) is 0 Å². The van der Waals surface area contributed by atoms with Crippen LogP contribution in [0.4, 0.5) is 0 Å². The normalized spacial score (nSPS) is 44.6.